The highest BCUT2D eigenvalue weighted by molar-refractivity contribution is 9.10. The van der Waals surface area contributed by atoms with E-state index in [1.165, 1.54) is 12.3 Å². The summed E-state index contributed by atoms with van der Waals surface area (Å²) in [5.74, 6) is -0.879. The Kier molecular flexibility index (Phi) is 5.89. The number of aromatic nitrogens is 3. The minimum atomic E-state index is -4.60. The summed E-state index contributed by atoms with van der Waals surface area (Å²) in [4.78, 5) is 16.5. The van der Waals surface area contributed by atoms with Crippen molar-refractivity contribution in [1.29, 1.82) is 0 Å². The van der Waals surface area contributed by atoms with Crippen LogP contribution in [0.15, 0.2) is 47.1 Å². The maximum atomic E-state index is 13.8. The smallest absolute Gasteiger partial charge is 0.362 e. The number of rotatable bonds is 3. The lowest BCUT2D eigenvalue weighted by molar-refractivity contribution is -0.173. The summed E-state index contributed by atoms with van der Waals surface area (Å²) in [5.41, 5.74) is 0.480. The third-order valence-corrected chi connectivity index (χ3v) is 5.98. The second-order valence-corrected chi connectivity index (χ2v) is 8.44. The fourth-order valence-electron chi connectivity index (χ4n) is 3.31. The van der Waals surface area contributed by atoms with Gasteiger partial charge in [-0.25, -0.2) is 9.67 Å². The molecule has 0 radical (unpaired) electrons. The van der Waals surface area contributed by atoms with Gasteiger partial charge in [-0.15, -0.1) is 0 Å². The van der Waals surface area contributed by atoms with Crippen molar-refractivity contribution in [3.8, 4) is 0 Å². The van der Waals surface area contributed by atoms with Gasteiger partial charge < -0.3 is 10.6 Å². The first-order chi connectivity index (χ1) is 14.6. The maximum absolute atomic E-state index is 13.8. The van der Waals surface area contributed by atoms with Crippen molar-refractivity contribution < 1.29 is 18.0 Å². The van der Waals surface area contributed by atoms with Crippen LogP contribution in [-0.2, 0) is 0 Å². The van der Waals surface area contributed by atoms with E-state index in [0.717, 1.165) is 9.15 Å². The molecule has 31 heavy (non-hydrogen) atoms. The molecule has 1 aromatic carbocycles. The van der Waals surface area contributed by atoms with E-state index in [9.17, 15) is 18.0 Å². The molecule has 0 spiro atoms. The van der Waals surface area contributed by atoms with Crippen LogP contribution in [0.2, 0.25) is 10.2 Å². The molecule has 3 aromatic rings. The minimum absolute atomic E-state index is 0.0255. The highest BCUT2D eigenvalue weighted by Gasteiger charge is 2.47. The number of pyridine rings is 1. The summed E-state index contributed by atoms with van der Waals surface area (Å²) < 4.78 is 43.1. The highest BCUT2D eigenvalue weighted by atomic mass is 79.9. The summed E-state index contributed by atoms with van der Waals surface area (Å²) in [6.07, 6.45) is -3.48. The molecule has 6 nitrogen and oxygen atoms in total. The zero-order chi connectivity index (χ0) is 22.3. The van der Waals surface area contributed by atoms with E-state index in [2.05, 4.69) is 36.6 Å². The molecule has 2 aromatic heterocycles. The normalized spacial score (nSPS) is 18.3. The first-order valence-electron chi connectivity index (χ1n) is 8.93. The van der Waals surface area contributed by atoms with E-state index < -0.39 is 24.2 Å². The Balaban J connectivity index is 1.71. The van der Waals surface area contributed by atoms with E-state index in [1.54, 1.807) is 30.3 Å². The molecule has 1 amide bonds. The summed E-state index contributed by atoms with van der Waals surface area (Å²) in [7, 11) is 0. The number of fused-ring (bicyclic) bond motifs is 1. The van der Waals surface area contributed by atoms with Gasteiger partial charge in [0.25, 0.3) is 5.91 Å². The number of carbonyl (C=O) groups excluding carboxylic acids is 1. The molecule has 0 unspecified atom stereocenters. The van der Waals surface area contributed by atoms with Crippen LogP contribution in [0.1, 0.15) is 34.6 Å². The van der Waals surface area contributed by atoms with Crippen LogP contribution in [0, 0.1) is 0 Å². The van der Waals surface area contributed by atoms with Crippen LogP contribution in [0.5, 0.6) is 0 Å². The highest BCUT2D eigenvalue weighted by Crippen LogP contribution is 2.46. The zero-order valence-corrected chi connectivity index (χ0v) is 18.5. The molecule has 1 aliphatic rings. The van der Waals surface area contributed by atoms with Gasteiger partial charge in [0.05, 0.1) is 11.7 Å². The number of nitrogens with one attached hydrogen (secondary N) is 2. The third-order valence-electron chi connectivity index (χ3n) is 4.79. The Hall–Kier alpha value is -2.30. The number of hydrogen-bond donors (Lipinski definition) is 2. The molecule has 0 aliphatic carbocycles. The second kappa shape index (κ2) is 8.33. The summed E-state index contributed by atoms with van der Waals surface area (Å²) in [6, 6.07) is 7.32. The SMILES string of the molecule is O=C(Nc1cccnc1Cl)c1nn2c(c1Cl)N[C@H](c1ccc(Br)cc1)C[C@@H]2C(F)(F)F. The number of amides is 1. The van der Waals surface area contributed by atoms with Gasteiger partial charge in [0.15, 0.2) is 16.9 Å². The lowest BCUT2D eigenvalue weighted by atomic mass is 9.97. The average molecular weight is 535 g/mol. The second-order valence-electron chi connectivity index (χ2n) is 6.79. The molecule has 1 aliphatic heterocycles. The molecule has 12 heteroatoms. The van der Waals surface area contributed by atoms with Crippen molar-refractivity contribution >= 4 is 56.5 Å². The molecule has 0 bridgehead atoms. The number of anilines is 2. The summed E-state index contributed by atoms with van der Waals surface area (Å²) >= 11 is 15.5. The summed E-state index contributed by atoms with van der Waals surface area (Å²) in [6.45, 7) is 0. The summed E-state index contributed by atoms with van der Waals surface area (Å²) in [5, 5.41) is 9.16. The third kappa shape index (κ3) is 4.37. The van der Waals surface area contributed by atoms with Gasteiger partial charge in [0.1, 0.15) is 10.8 Å². The largest absolute Gasteiger partial charge is 0.410 e. The van der Waals surface area contributed by atoms with Crippen molar-refractivity contribution in [2.75, 3.05) is 10.6 Å². The number of halogens is 6. The van der Waals surface area contributed by atoms with Gasteiger partial charge in [-0.2, -0.15) is 18.3 Å². The molecule has 0 fully saturated rings. The maximum Gasteiger partial charge on any atom is 0.410 e. The molecule has 2 atom stereocenters. The van der Waals surface area contributed by atoms with Crippen molar-refractivity contribution in [3.05, 3.63) is 68.5 Å². The van der Waals surface area contributed by atoms with E-state index in [-0.39, 0.29) is 33.8 Å². The quantitative estimate of drug-likeness (QED) is 0.389. The minimum Gasteiger partial charge on any atom is -0.362 e. The number of alkyl halides is 3. The van der Waals surface area contributed by atoms with Crippen molar-refractivity contribution in [2.45, 2.75) is 24.7 Å². The first-order valence-corrected chi connectivity index (χ1v) is 10.5. The average Bonchev–Trinajstić information content (AvgIpc) is 3.05. The van der Waals surface area contributed by atoms with Gasteiger partial charge in [-0.3, -0.25) is 4.79 Å². The van der Waals surface area contributed by atoms with Crippen LogP contribution >= 0.6 is 39.1 Å². The lowest BCUT2D eigenvalue weighted by Gasteiger charge is -2.33. The van der Waals surface area contributed by atoms with Crippen LogP contribution in [-0.4, -0.2) is 26.8 Å². The molecule has 2 N–H and O–H groups in total. The molecule has 0 saturated carbocycles. The monoisotopic (exact) mass is 533 g/mol. The Morgan fingerprint density at radius 3 is 2.58 bits per heavy atom. The predicted octanol–water partition coefficient (Wildman–Crippen LogP) is 6.26. The van der Waals surface area contributed by atoms with Crippen LogP contribution in [0.25, 0.3) is 0 Å². The molecular weight excluding hydrogens is 522 g/mol. The zero-order valence-electron chi connectivity index (χ0n) is 15.4. The standard InChI is InChI=1S/C19H13BrCl2F3N5O/c20-10-5-3-9(4-6-10)12-8-13(19(23,24)25)30-17(27-12)14(21)15(29-30)18(31)28-11-2-1-7-26-16(11)22/h1-7,12-13,27H,8H2,(H,28,31)/t12-,13+/m0/s1. The van der Waals surface area contributed by atoms with E-state index in [0.29, 0.717) is 5.56 Å². The van der Waals surface area contributed by atoms with Crippen molar-refractivity contribution in [2.24, 2.45) is 0 Å². The fraction of sp³-hybridized carbons (Fsp3) is 0.211. The van der Waals surface area contributed by atoms with E-state index in [4.69, 9.17) is 23.2 Å². The molecule has 0 saturated heterocycles. The molecule has 4 rings (SSSR count). The molecule has 162 valence electrons. The number of benzene rings is 1. The molecule has 3 heterocycles. The Labute approximate surface area is 192 Å². The van der Waals surface area contributed by atoms with Gasteiger partial charge in [-0.05, 0) is 29.8 Å². The van der Waals surface area contributed by atoms with Gasteiger partial charge in [0, 0.05) is 17.1 Å². The number of nitrogens with zero attached hydrogens (tertiary/aromatic N) is 3. The first kappa shape index (κ1) is 21.9. The van der Waals surface area contributed by atoms with E-state index >= 15 is 0 Å². The van der Waals surface area contributed by atoms with Gasteiger partial charge in [0.2, 0.25) is 0 Å². The van der Waals surface area contributed by atoms with Gasteiger partial charge in [-0.1, -0.05) is 51.3 Å². The van der Waals surface area contributed by atoms with Crippen LogP contribution < -0.4 is 10.6 Å². The fourth-order valence-corrected chi connectivity index (χ4v) is 4.00. The Bertz CT molecular complexity index is 1140. The number of hydrogen-bond acceptors (Lipinski definition) is 4. The predicted molar refractivity (Wildman–Crippen MR) is 115 cm³/mol. The lowest BCUT2D eigenvalue weighted by Crippen LogP contribution is -2.35. The van der Waals surface area contributed by atoms with Crippen molar-refractivity contribution in [1.82, 2.24) is 14.8 Å². The van der Waals surface area contributed by atoms with Crippen LogP contribution in [0.4, 0.5) is 24.7 Å². The van der Waals surface area contributed by atoms with Gasteiger partial charge >= 0.3 is 6.18 Å². The van der Waals surface area contributed by atoms with Crippen LogP contribution in [0.3, 0.4) is 0 Å². The number of carbonyl (C=O) groups is 1. The van der Waals surface area contributed by atoms with Crippen molar-refractivity contribution in [3.63, 3.8) is 0 Å². The molecular formula is C19H13BrCl2F3N5O. The van der Waals surface area contributed by atoms with E-state index in [1.807, 2.05) is 0 Å². The Morgan fingerprint density at radius 2 is 1.94 bits per heavy atom. The topological polar surface area (TPSA) is 71.8 Å². The Morgan fingerprint density at radius 1 is 1.23 bits per heavy atom.